The van der Waals surface area contributed by atoms with Crippen LogP contribution in [0.2, 0.25) is 0 Å². The van der Waals surface area contributed by atoms with Crippen molar-refractivity contribution in [2.45, 2.75) is 108 Å². The molecule has 3 aromatic rings. The van der Waals surface area contributed by atoms with Crippen molar-refractivity contribution in [1.82, 2.24) is 35.7 Å². The van der Waals surface area contributed by atoms with E-state index in [2.05, 4.69) is 51.4 Å². The number of benzene rings is 2. The van der Waals surface area contributed by atoms with Crippen LogP contribution in [-0.4, -0.2) is 85.4 Å². The zero-order chi connectivity index (χ0) is 38.9. The first kappa shape index (κ1) is 39.9. The van der Waals surface area contributed by atoms with Gasteiger partial charge >= 0.3 is 12.1 Å². The maximum atomic E-state index is 14.6. The summed E-state index contributed by atoms with van der Waals surface area (Å²) in [4.78, 5) is 56.4. The molecule has 0 bridgehead atoms. The van der Waals surface area contributed by atoms with Crippen molar-refractivity contribution in [1.29, 1.82) is 0 Å². The van der Waals surface area contributed by atoms with E-state index < -0.39 is 53.0 Å². The maximum Gasteiger partial charge on any atom is 0.408 e. The standard InChI is InChI=1S/C41H53N7O6/c1-7-10-11-12-16-19-33(42-39(52)54-40(4,5)6)37(50)47-27-31(24-34(47)36(49)43-41(25-32(41)8-2)38(51)53-9-3)35-44-45-46-48(35)26-28-20-22-30(23-21-28)29-17-14-13-15-18-29/h7-8,13-15,17-18,20-23,31-34H,1-2,9-12,16,19,24-27H2,3-6H3,(H,42,52)(H,43,49)/t31-,32-,33+,34+,41-/m1/s1. The minimum atomic E-state index is -1.26. The number of aromatic nitrogens is 4. The second kappa shape index (κ2) is 17.7. The zero-order valence-electron chi connectivity index (χ0n) is 31.8. The second-order valence-electron chi connectivity index (χ2n) is 15.0. The van der Waals surface area contributed by atoms with E-state index in [-0.39, 0.29) is 25.5 Å². The fourth-order valence-corrected chi connectivity index (χ4v) is 7.02. The maximum absolute atomic E-state index is 14.6. The predicted molar refractivity (Wildman–Crippen MR) is 204 cm³/mol. The van der Waals surface area contributed by atoms with Gasteiger partial charge in [-0.25, -0.2) is 14.3 Å². The minimum Gasteiger partial charge on any atom is -0.464 e. The van der Waals surface area contributed by atoms with Gasteiger partial charge in [0.2, 0.25) is 11.8 Å². The third kappa shape index (κ3) is 9.80. The van der Waals surface area contributed by atoms with Crippen LogP contribution >= 0.6 is 0 Å². The Morgan fingerprint density at radius 2 is 1.74 bits per heavy atom. The molecule has 1 aliphatic heterocycles. The van der Waals surface area contributed by atoms with E-state index in [1.165, 1.54) is 4.90 Å². The number of carbonyl (C=O) groups is 4. The minimum absolute atomic E-state index is 0.116. The number of nitrogens with one attached hydrogen (secondary N) is 2. The van der Waals surface area contributed by atoms with Gasteiger partial charge in [0.1, 0.15) is 23.2 Å². The summed E-state index contributed by atoms with van der Waals surface area (Å²) in [7, 11) is 0. The van der Waals surface area contributed by atoms with E-state index in [1.807, 2.05) is 48.5 Å². The predicted octanol–water partition coefficient (Wildman–Crippen LogP) is 5.73. The third-order valence-corrected chi connectivity index (χ3v) is 9.88. The summed E-state index contributed by atoms with van der Waals surface area (Å²) in [5.74, 6) is -1.68. The van der Waals surface area contributed by atoms with Crippen molar-refractivity contribution < 1.29 is 28.7 Å². The van der Waals surface area contributed by atoms with Crippen LogP contribution in [0, 0.1) is 5.92 Å². The van der Waals surface area contributed by atoms with Crippen molar-refractivity contribution in [3.63, 3.8) is 0 Å². The number of hydrogen-bond donors (Lipinski definition) is 2. The molecule has 2 heterocycles. The van der Waals surface area contributed by atoms with E-state index in [9.17, 15) is 19.2 Å². The monoisotopic (exact) mass is 739 g/mol. The van der Waals surface area contributed by atoms with E-state index in [0.717, 1.165) is 36.0 Å². The number of nitrogens with zero attached hydrogens (tertiary/aromatic N) is 5. The van der Waals surface area contributed by atoms with Crippen LogP contribution in [0.5, 0.6) is 0 Å². The Morgan fingerprint density at radius 1 is 1.02 bits per heavy atom. The first-order chi connectivity index (χ1) is 25.9. The van der Waals surface area contributed by atoms with Crippen molar-refractivity contribution in [2.75, 3.05) is 13.2 Å². The van der Waals surface area contributed by atoms with Crippen molar-refractivity contribution in [3.8, 4) is 11.1 Å². The van der Waals surface area contributed by atoms with E-state index in [0.29, 0.717) is 31.6 Å². The molecule has 1 saturated heterocycles. The van der Waals surface area contributed by atoms with Crippen LogP contribution in [0.3, 0.4) is 0 Å². The number of tetrazole rings is 1. The van der Waals surface area contributed by atoms with Crippen LogP contribution in [0.4, 0.5) is 4.79 Å². The summed E-state index contributed by atoms with van der Waals surface area (Å²) in [6.45, 7) is 15.2. The number of esters is 1. The van der Waals surface area contributed by atoms with E-state index >= 15 is 0 Å². The summed E-state index contributed by atoms with van der Waals surface area (Å²) in [6.07, 6.45) is 6.85. The quantitative estimate of drug-likeness (QED) is 0.100. The lowest BCUT2D eigenvalue weighted by molar-refractivity contribution is -0.150. The largest absolute Gasteiger partial charge is 0.464 e. The zero-order valence-corrected chi connectivity index (χ0v) is 31.8. The Morgan fingerprint density at radius 3 is 2.39 bits per heavy atom. The number of amides is 3. The normalized spacial score (nSPS) is 21.1. The number of rotatable bonds is 17. The summed E-state index contributed by atoms with van der Waals surface area (Å²) in [5, 5.41) is 18.4. The molecule has 3 amide bonds. The lowest BCUT2D eigenvalue weighted by Gasteiger charge is -2.30. The second-order valence-corrected chi connectivity index (χ2v) is 15.0. The number of unbranched alkanes of at least 4 members (excludes halogenated alkanes) is 3. The highest BCUT2D eigenvalue weighted by Crippen LogP contribution is 2.46. The molecule has 2 aliphatic rings. The lowest BCUT2D eigenvalue weighted by Crippen LogP contribution is -2.56. The molecule has 2 aromatic carbocycles. The first-order valence-corrected chi connectivity index (χ1v) is 18.8. The molecular formula is C41H53N7O6. The molecule has 1 aliphatic carbocycles. The SMILES string of the molecule is C=CCCCCC[C@H](NC(=O)OC(C)(C)C)C(=O)N1C[C@H](c2nnnn2Cc2ccc(-c3ccccc3)cc2)C[C@H]1C(=O)N[C@]1(C(=O)OCC)C[C@H]1C=C. The van der Waals surface area contributed by atoms with Gasteiger partial charge in [-0.1, -0.05) is 79.6 Å². The van der Waals surface area contributed by atoms with Gasteiger partial charge in [-0.05, 0) is 86.9 Å². The van der Waals surface area contributed by atoms with Crippen LogP contribution in [0.1, 0.15) is 89.9 Å². The number of ether oxygens (including phenoxy) is 2. The number of allylic oxidation sites excluding steroid dienone is 1. The molecule has 5 atom stereocenters. The van der Waals surface area contributed by atoms with Gasteiger partial charge in [0.15, 0.2) is 5.82 Å². The van der Waals surface area contributed by atoms with Crippen LogP contribution in [-0.2, 0) is 30.4 Å². The third-order valence-electron chi connectivity index (χ3n) is 9.88. The van der Waals surface area contributed by atoms with Crippen LogP contribution in [0.25, 0.3) is 11.1 Å². The number of hydrogen-bond acceptors (Lipinski definition) is 9. The van der Waals surface area contributed by atoms with Gasteiger partial charge < -0.3 is 25.0 Å². The highest BCUT2D eigenvalue weighted by atomic mass is 16.6. The molecule has 0 spiro atoms. The van der Waals surface area contributed by atoms with Crippen molar-refractivity contribution in [3.05, 3.63) is 91.3 Å². The fraction of sp³-hybridized carbons (Fsp3) is 0.488. The smallest absolute Gasteiger partial charge is 0.408 e. The molecule has 0 unspecified atom stereocenters. The Hall–Kier alpha value is -5.33. The highest BCUT2D eigenvalue weighted by molar-refractivity contribution is 5.96. The molecule has 2 fully saturated rings. The Balaban J connectivity index is 1.41. The fourth-order valence-electron chi connectivity index (χ4n) is 7.02. The molecule has 5 rings (SSSR count). The molecular weight excluding hydrogens is 686 g/mol. The van der Waals surface area contributed by atoms with Gasteiger partial charge in [-0.2, -0.15) is 0 Å². The van der Waals surface area contributed by atoms with E-state index in [4.69, 9.17) is 9.47 Å². The average Bonchev–Trinajstić information content (AvgIpc) is 3.41. The molecule has 54 heavy (non-hydrogen) atoms. The van der Waals surface area contributed by atoms with Crippen molar-refractivity contribution in [2.24, 2.45) is 5.92 Å². The molecule has 13 heteroatoms. The van der Waals surface area contributed by atoms with Gasteiger partial charge in [0, 0.05) is 18.4 Å². The highest BCUT2D eigenvalue weighted by Gasteiger charge is 2.62. The summed E-state index contributed by atoms with van der Waals surface area (Å²) in [5.41, 5.74) is 1.13. The Bertz CT molecular complexity index is 1790. The van der Waals surface area contributed by atoms with Crippen LogP contribution in [0.15, 0.2) is 79.9 Å². The Labute approximate surface area is 317 Å². The summed E-state index contributed by atoms with van der Waals surface area (Å²) >= 11 is 0. The molecule has 288 valence electrons. The molecule has 13 nitrogen and oxygen atoms in total. The average molecular weight is 740 g/mol. The van der Waals surface area contributed by atoms with Gasteiger partial charge in [0.05, 0.1) is 13.2 Å². The number of likely N-dealkylation sites (tertiary alicyclic amines) is 1. The first-order valence-electron chi connectivity index (χ1n) is 18.8. The summed E-state index contributed by atoms with van der Waals surface area (Å²) in [6, 6.07) is 16.3. The lowest BCUT2D eigenvalue weighted by atomic mass is 10.0. The van der Waals surface area contributed by atoms with Gasteiger partial charge in [0.25, 0.3) is 0 Å². The number of carbonyl (C=O) groups excluding carboxylic acids is 4. The van der Waals surface area contributed by atoms with Gasteiger partial charge in [-0.15, -0.1) is 18.3 Å². The Kier molecular flexibility index (Phi) is 13.0. The van der Waals surface area contributed by atoms with Crippen molar-refractivity contribution >= 4 is 23.9 Å². The van der Waals surface area contributed by atoms with Gasteiger partial charge in [-0.3, -0.25) is 9.59 Å². The molecule has 2 N–H and O–H groups in total. The molecule has 1 aromatic heterocycles. The molecule has 1 saturated carbocycles. The van der Waals surface area contributed by atoms with Crippen LogP contribution < -0.4 is 10.6 Å². The topological polar surface area (TPSA) is 158 Å². The molecule has 0 radical (unpaired) electrons. The number of alkyl carbamates (subject to hydrolysis) is 1. The van der Waals surface area contributed by atoms with E-state index in [1.54, 1.807) is 38.5 Å². The summed E-state index contributed by atoms with van der Waals surface area (Å²) < 4.78 is 12.6.